The van der Waals surface area contributed by atoms with Gasteiger partial charge in [-0.2, -0.15) is 5.23 Å². The zero-order valence-electron chi connectivity index (χ0n) is 10.9. The van der Waals surface area contributed by atoms with Gasteiger partial charge in [0.15, 0.2) is 5.69 Å². The number of hydrogen-bond acceptors (Lipinski definition) is 5. The SMILES string of the molecule is Nc1ccc(SCc2ccc(C(=O)O)cc2[NH+]([O-])O)cc1. The van der Waals surface area contributed by atoms with E-state index in [0.29, 0.717) is 17.0 Å². The lowest BCUT2D eigenvalue weighted by Gasteiger charge is -2.16. The van der Waals surface area contributed by atoms with Gasteiger partial charge >= 0.3 is 5.97 Å². The smallest absolute Gasteiger partial charge is 0.335 e. The van der Waals surface area contributed by atoms with Gasteiger partial charge in [0.25, 0.3) is 0 Å². The van der Waals surface area contributed by atoms with Crippen LogP contribution in [0.3, 0.4) is 0 Å². The molecule has 6 nitrogen and oxygen atoms in total. The van der Waals surface area contributed by atoms with Crippen molar-refractivity contribution >= 4 is 29.1 Å². The van der Waals surface area contributed by atoms with Crippen LogP contribution in [0.2, 0.25) is 0 Å². The number of carboxylic acids is 1. The fourth-order valence-electron chi connectivity index (χ4n) is 1.76. The average molecular weight is 306 g/mol. The summed E-state index contributed by atoms with van der Waals surface area (Å²) in [5.41, 5.74) is 6.82. The van der Waals surface area contributed by atoms with Gasteiger partial charge in [-0.15, -0.1) is 11.8 Å². The maximum atomic E-state index is 11.2. The molecule has 0 aromatic heterocycles. The van der Waals surface area contributed by atoms with Gasteiger partial charge in [-0.1, -0.05) is 6.07 Å². The first-order chi connectivity index (χ1) is 9.97. The maximum Gasteiger partial charge on any atom is 0.335 e. The Bertz CT molecular complexity index is 644. The van der Waals surface area contributed by atoms with Crippen molar-refractivity contribution in [1.82, 2.24) is 0 Å². The summed E-state index contributed by atoms with van der Waals surface area (Å²) in [5, 5.41) is 28.2. The van der Waals surface area contributed by atoms with Crippen molar-refractivity contribution in [2.75, 3.05) is 5.73 Å². The molecule has 0 bridgehead atoms. The molecule has 2 rings (SSSR count). The van der Waals surface area contributed by atoms with E-state index in [9.17, 15) is 15.2 Å². The Balaban J connectivity index is 2.19. The fourth-order valence-corrected chi connectivity index (χ4v) is 2.66. The maximum absolute atomic E-state index is 11.2. The van der Waals surface area contributed by atoms with Crippen LogP contribution in [0.1, 0.15) is 15.9 Å². The second-order valence-electron chi connectivity index (χ2n) is 4.34. The normalized spacial score (nSPS) is 12.1. The number of nitrogens with one attached hydrogen (secondary N) is 1. The number of hydrogen-bond donors (Lipinski definition) is 4. The van der Waals surface area contributed by atoms with Crippen molar-refractivity contribution < 1.29 is 20.3 Å². The van der Waals surface area contributed by atoms with Crippen LogP contribution in [-0.4, -0.2) is 16.3 Å². The Morgan fingerprint density at radius 2 is 1.90 bits per heavy atom. The van der Waals surface area contributed by atoms with E-state index in [0.717, 1.165) is 4.90 Å². The van der Waals surface area contributed by atoms with Gasteiger partial charge in [-0.25, -0.2) is 10.0 Å². The molecule has 0 heterocycles. The first kappa shape index (κ1) is 15.3. The lowest BCUT2D eigenvalue weighted by atomic mass is 10.1. The minimum absolute atomic E-state index is 0.0119. The van der Waals surface area contributed by atoms with E-state index in [2.05, 4.69) is 0 Å². The Kier molecular flexibility index (Phi) is 4.81. The molecule has 0 fully saturated rings. The van der Waals surface area contributed by atoms with Crippen LogP contribution < -0.4 is 11.0 Å². The molecule has 0 radical (unpaired) electrons. The van der Waals surface area contributed by atoms with Crippen LogP contribution in [-0.2, 0) is 5.75 Å². The fraction of sp³-hybridized carbons (Fsp3) is 0.0714. The molecule has 0 aliphatic carbocycles. The summed E-state index contributed by atoms with van der Waals surface area (Å²) in [6.45, 7) is 0. The third-order valence-electron chi connectivity index (χ3n) is 2.86. The third-order valence-corrected chi connectivity index (χ3v) is 3.92. The van der Waals surface area contributed by atoms with E-state index in [1.165, 1.54) is 30.0 Å². The number of anilines is 1. The average Bonchev–Trinajstić information content (AvgIpc) is 2.46. The van der Waals surface area contributed by atoms with Gasteiger partial charge in [0.2, 0.25) is 0 Å². The summed E-state index contributed by atoms with van der Waals surface area (Å²) in [4.78, 5) is 11.8. The van der Waals surface area contributed by atoms with Gasteiger partial charge in [0.05, 0.1) is 5.56 Å². The molecule has 5 N–H and O–H groups in total. The van der Waals surface area contributed by atoms with Crippen LogP contribution >= 0.6 is 11.8 Å². The lowest BCUT2D eigenvalue weighted by molar-refractivity contribution is -0.991. The number of benzene rings is 2. The topological polar surface area (TPSA) is 111 Å². The standard InChI is InChI=1S/C14H14N2O4S/c15-11-3-5-12(6-4-11)21-8-10-2-1-9(14(17)18)7-13(10)16(19)20/h1-7,16,19H,8,15H2,(H,17,18). The van der Waals surface area contributed by atoms with Crippen LogP contribution in [0.25, 0.3) is 0 Å². The van der Waals surface area contributed by atoms with Crippen LogP contribution in [0.4, 0.5) is 11.4 Å². The summed E-state index contributed by atoms with van der Waals surface area (Å²) in [5.74, 6) is -0.707. The molecule has 21 heavy (non-hydrogen) atoms. The first-order valence-corrected chi connectivity index (χ1v) is 7.04. The number of nitrogens with two attached hydrogens (primary N) is 1. The Morgan fingerprint density at radius 1 is 1.24 bits per heavy atom. The highest BCUT2D eigenvalue weighted by molar-refractivity contribution is 7.98. The molecule has 0 amide bonds. The molecule has 0 aliphatic rings. The van der Waals surface area contributed by atoms with E-state index < -0.39 is 11.2 Å². The number of carboxylic acid groups (broad SMARTS) is 1. The summed E-state index contributed by atoms with van der Waals surface area (Å²) in [6.07, 6.45) is 0. The number of rotatable bonds is 5. The monoisotopic (exact) mass is 306 g/mol. The molecule has 1 unspecified atom stereocenters. The highest BCUT2D eigenvalue weighted by Gasteiger charge is 2.13. The van der Waals surface area contributed by atoms with Gasteiger partial charge in [0.1, 0.15) is 0 Å². The van der Waals surface area contributed by atoms with E-state index in [-0.39, 0.29) is 11.3 Å². The number of nitrogen functional groups attached to an aromatic ring is 1. The van der Waals surface area contributed by atoms with E-state index in [1.807, 2.05) is 12.1 Å². The second kappa shape index (κ2) is 6.59. The zero-order chi connectivity index (χ0) is 15.4. The van der Waals surface area contributed by atoms with Crippen LogP contribution in [0, 0.1) is 5.21 Å². The molecule has 1 atom stereocenters. The predicted molar refractivity (Wildman–Crippen MR) is 79.6 cm³/mol. The lowest BCUT2D eigenvalue weighted by Crippen LogP contribution is -2.99. The summed E-state index contributed by atoms with van der Waals surface area (Å²) < 4.78 is 0. The third kappa shape index (κ3) is 3.96. The van der Waals surface area contributed by atoms with Crippen molar-refractivity contribution in [3.8, 4) is 0 Å². The predicted octanol–water partition coefficient (Wildman–Crippen LogP) is 1.66. The zero-order valence-corrected chi connectivity index (χ0v) is 11.8. The summed E-state index contributed by atoms with van der Waals surface area (Å²) in [7, 11) is 0. The quantitative estimate of drug-likeness (QED) is 0.380. The second-order valence-corrected chi connectivity index (χ2v) is 5.39. The molecule has 0 aliphatic heterocycles. The minimum Gasteiger partial charge on any atom is -0.595 e. The highest BCUT2D eigenvalue weighted by atomic mass is 32.2. The van der Waals surface area contributed by atoms with E-state index >= 15 is 0 Å². The van der Waals surface area contributed by atoms with Crippen LogP contribution in [0.15, 0.2) is 47.4 Å². The highest BCUT2D eigenvalue weighted by Crippen LogP contribution is 2.26. The van der Waals surface area contributed by atoms with Crippen molar-refractivity contribution in [3.63, 3.8) is 0 Å². The van der Waals surface area contributed by atoms with Crippen molar-refractivity contribution in [2.24, 2.45) is 0 Å². The van der Waals surface area contributed by atoms with Gasteiger partial charge < -0.3 is 16.0 Å². The number of quaternary nitrogens is 1. The number of carbonyl (C=O) groups is 1. The molecule has 0 saturated heterocycles. The summed E-state index contributed by atoms with van der Waals surface area (Å²) in [6, 6.07) is 11.4. The molecule has 110 valence electrons. The molecule has 0 saturated carbocycles. The van der Waals surface area contributed by atoms with E-state index in [4.69, 9.17) is 10.8 Å². The van der Waals surface area contributed by atoms with Gasteiger partial charge in [0, 0.05) is 28.0 Å². The molecule has 0 spiro atoms. The van der Waals surface area contributed by atoms with Crippen molar-refractivity contribution in [3.05, 3.63) is 58.8 Å². The van der Waals surface area contributed by atoms with Crippen molar-refractivity contribution in [2.45, 2.75) is 10.6 Å². The van der Waals surface area contributed by atoms with Crippen LogP contribution in [0.5, 0.6) is 0 Å². The first-order valence-electron chi connectivity index (χ1n) is 6.05. The number of aromatic carboxylic acids is 1. The molecule has 2 aromatic rings. The molecular formula is C14H14N2O4S. The Labute approximate surface area is 125 Å². The van der Waals surface area contributed by atoms with Gasteiger partial charge in [-0.05, 0) is 30.3 Å². The Morgan fingerprint density at radius 3 is 2.48 bits per heavy atom. The molecule has 2 aromatic carbocycles. The van der Waals surface area contributed by atoms with Gasteiger partial charge in [-0.3, -0.25) is 0 Å². The largest absolute Gasteiger partial charge is 0.595 e. The van der Waals surface area contributed by atoms with Crippen molar-refractivity contribution in [1.29, 1.82) is 0 Å². The molecular weight excluding hydrogens is 292 g/mol. The summed E-state index contributed by atoms with van der Waals surface area (Å²) >= 11 is 1.46. The number of thioether (sulfide) groups is 1. The van der Waals surface area contributed by atoms with E-state index in [1.54, 1.807) is 12.1 Å². The Hall–Kier alpha value is -2.06. The minimum atomic E-state index is -1.14. The molecule has 7 heteroatoms.